The maximum atomic E-state index is 13.3. The smallest absolute Gasteiger partial charge is 0.276 e. The third-order valence-corrected chi connectivity index (χ3v) is 6.32. The van der Waals surface area contributed by atoms with Gasteiger partial charge in [-0.25, -0.2) is 4.68 Å². The van der Waals surface area contributed by atoms with Crippen LogP contribution >= 0.6 is 0 Å². The van der Waals surface area contributed by atoms with E-state index in [1.807, 2.05) is 45.7 Å². The van der Waals surface area contributed by atoms with E-state index in [4.69, 9.17) is 0 Å². The highest BCUT2D eigenvalue weighted by atomic mass is 16.2. The molecule has 2 amide bonds. The van der Waals surface area contributed by atoms with Gasteiger partial charge in [0.25, 0.3) is 5.91 Å². The third-order valence-electron chi connectivity index (χ3n) is 6.32. The summed E-state index contributed by atoms with van der Waals surface area (Å²) in [6.07, 6.45) is 2.13. The molecule has 2 fully saturated rings. The Hall–Kier alpha value is -2.74. The van der Waals surface area contributed by atoms with E-state index in [0.29, 0.717) is 44.3 Å². The number of likely N-dealkylation sites (N-methyl/N-ethyl adjacent to an activating group) is 1. The van der Waals surface area contributed by atoms with Gasteiger partial charge in [-0.3, -0.25) is 14.5 Å². The maximum absolute atomic E-state index is 13.3. The maximum Gasteiger partial charge on any atom is 0.276 e. The lowest BCUT2D eigenvalue weighted by atomic mass is 10.1. The van der Waals surface area contributed by atoms with Crippen molar-refractivity contribution in [3.63, 3.8) is 0 Å². The normalized spacial score (nSPS) is 16.8. The summed E-state index contributed by atoms with van der Waals surface area (Å²) in [5.41, 5.74) is 3.51. The van der Waals surface area contributed by atoms with Crippen LogP contribution in [0.25, 0.3) is 5.69 Å². The average Bonchev–Trinajstić information content (AvgIpc) is 3.55. The highest BCUT2D eigenvalue weighted by Gasteiger charge is 2.36. The topological polar surface area (TPSA) is 74.6 Å². The summed E-state index contributed by atoms with van der Waals surface area (Å²) in [5, 5.41) is 8.64. The molecule has 0 N–H and O–H groups in total. The van der Waals surface area contributed by atoms with Crippen LogP contribution in [0.1, 0.15) is 54.4 Å². The van der Waals surface area contributed by atoms with Crippen molar-refractivity contribution in [2.75, 3.05) is 45.8 Å². The van der Waals surface area contributed by atoms with Crippen LogP contribution in [-0.2, 0) is 4.79 Å². The lowest BCUT2D eigenvalue weighted by Crippen LogP contribution is -2.52. The Morgan fingerprint density at radius 2 is 1.61 bits per heavy atom. The van der Waals surface area contributed by atoms with Crippen LogP contribution in [0.4, 0.5) is 0 Å². The summed E-state index contributed by atoms with van der Waals surface area (Å²) in [6, 6.07) is 8.13. The number of amides is 2. The predicted molar refractivity (Wildman–Crippen MR) is 118 cm³/mol. The quantitative estimate of drug-likeness (QED) is 0.680. The number of nitrogens with zero attached hydrogens (tertiary/aromatic N) is 6. The zero-order valence-electron chi connectivity index (χ0n) is 18.8. The molecule has 0 bridgehead atoms. The van der Waals surface area contributed by atoms with Crippen LogP contribution in [0.3, 0.4) is 0 Å². The van der Waals surface area contributed by atoms with Gasteiger partial charge in [0.2, 0.25) is 5.91 Å². The molecule has 166 valence electrons. The molecule has 1 saturated heterocycles. The molecule has 1 aliphatic carbocycles. The number of piperazine rings is 1. The van der Waals surface area contributed by atoms with Gasteiger partial charge in [0.05, 0.1) is 17.9 Å². The first-order valence-corrected chi connectivity index (χ1v) is 11.3. The van der Waals surface area contributed by atoms with Crippen LogP contribution < -0.4 is 0 Å². The van der Waals surface area contributed by atoms with Crippen molar-refractivity contribution in [1.29, 1.82) is 0 Å². The molecule has 1 aromatic carbocycles. The van der Waals surface area contributed by atoms with Crippen molar-refractivity contribution >= 4 is 11.8 Å². The van der Waals surface area contributed by atoms with Crippen LogP contribution in [0, 0.1) is 6.92 Å². The third kappa shape index (κ3) is 4.63. The van der Waals surface area contributed by atoms with E-state index < -0.39 is 0 Å². The second kappa shape index (κ2) is 9.18. The second-order valence-electron chi connectivity index (χ2n) is 8.48. The monoisotopic (exact) mass is 424 g/mol. The Morgan fingerprint density at radius 3 is 2.19 bits per heavy atom. The number of hydrogen-bond donors (Lipinski definition) is 0. The Balaban J connectivity index is 1.45. The van der Waals surface area contributed by atoms with E-state index in [-0.39, 0.29) is 11.8 Å². The molecule has 4 rings (SSSR count). The van der Waals surface area contributed by atoms with E-state index in [1.54, 1.807) is 0 Å². The van der Waals surface area contributed by atoms with Gasteiger partial charge >= 0.3 is 0 Å². The number of aromatic nitrogens is 3. The number of rotatable bonds is 7. The van der Waals surface area contributed by atoms with E-state index in [2.05, 4.69) is 29.1 Å². The molecule has 1 aliphatic heterocycles. The summed E-state index contributed by atoms with van der Waals surface area (Å²) in [5.74, 6) is 0.406. The van der Waals surface area contributed by atoms with Crippen LogP contribution in [0.15, 0.2) is 24.3 Å². The molecule has 8 nitrogen and oxygen atoms in total. The van der Waals surface area contributed by atoms with Crippen LogP contribution in [-0.4, -0.2) is 87.3 Å². The van der Waals surface area contributed by atoms with Crippen molar-refractivity contribution in [2.24, 2.45) is 0 Å². The first kappa shape index (κ1) is 21.5. The van der Waals surface area contributed by atoms with Crippen molar-refractivity contribution in [2.45, 2.75) is 39.5 Å². The number of aryl methyl sites for hydroxylation is 1. The highest BCUT2D eigenvalue weighted by molar-refractivity contribution is 5.94. The standard InChI is InChI=1S/C23H32N6O2/c1-4-26(5-2)16-20(30)27-12-14-28(15-13-27)23(31)21-22(18-8-9-18)29(25-24-21)19-10-6-17(3)7-11-19/h6-7,10-11,18H,4-5,8-9,12-16H2,1-3H3. The number of hydrogen-bond acceptors (Lipinski definition) is 5. The Kier molecular flexibility index (Phi) is 6.36. The fraction of sp³-hybridized carbons (Fsp3) is 0.565. The Labute approximate surface area is 183 Å². The summed E-state index contributed by atoms with van der Waals surface area (Å²) < 4.78 is 1.83. The fourth-order valence-electron chi connectivity index (χ4n) is 4.09. The zero-order valence-corrected chi connectivity index (χ0v) is 18.8. The minimum Gasteiger partial charge on any atom is -0.338 e. The van der Waals surface area contributed by atoms with E-state index in [1.165, 1.54) is 5.56 Å². The highest BCUT2D eigenvalue weighted by Crippen LogP contribution is 2.42. The van der Waals surface area contributed by atoms with Gasteiger partial charge < -0.3 is 9.80 Å². The van der Waals surface area contributed by atoms with E-state index >= 15 is 0 Å². The van der Waals surface area contributed by atoms with Crippen LogP contribution in [0.5, 0.6) is 0 Å². The Morgan fingerprint density at radius 1 is 1.00 bits per heavy atom. The first-order chi connectivity index (χ1) is 15.0. The molecule has 0 unspecified atom stereocenters. The molecular weight excluding hydrogens is 392 g/mol. The van der Waals surface area contributed by atoms with Gasteiger partial charge in [0.15, 0.2) is 5.69 Å². The average molecular weight is 425 g/mol. The summed E-state index contributed by atoms with van der Waals surface area (Å²) >= 11 is 0. The Bertz CT molecular complexity index is 922. The van der Waals surface area contributed by atoms with Gasteiger partial charge in [-0.2, -0.15) is 0 Å². The molecule has 2 heterocycles. The lowest BCUT2D eigenvalue weighted by molar-refractivity contribution is -0.133. The molecule has 2 aliphatic rings. The SMILES string of the molecule is CCN(CC)CC(=O)N1CCN(C(=O)c2nnn(-c3ccc(C)cc3)c2C2CC2)CC1. The van der Waals surface area contributed by atoms with Gasteiger partial charge in [-0.05, 0) is 45.0 Å². The molecular formula is C23H32N6O2. The molecule has 8 heteroatoms. The fourth-order valence-corrected chi connectivity index (χ4v) is 4.09. The number of carbonyl (C=O) groups excluding carboxylic acids is 2. The molecule has 0 atom stereocenters. The van der Waals surface area contributed by atoms with Crippen molar-refractivity contribution < 1.29 is 9.59 Å². The molecule has 1 saturated carbocycles. The summed E-state index contributed by atoms with van der Waals surface area (Å²) in [6.45, 7) is 10.5. The predicted octanol–water partition coefficient (Wildman–Crippen LogP) is 2.08. The summed E-state index contributed by atoms with van der Waals surface area (Å²) in [4.78, 5) is 31.7. The van der Waals surface area contributed by atoms with E-state index in [9.17, 15) is 9.59 Å². The molecule has 0 radical (unpaired) electrons. The van der Waals surface area contributed by atoms with Crippen molar-refractivity contribution in [3.8, 4) is 5.69 Å². The van der Waals surface area contributed by atoms with Crippen LogP contribution in [0.2, 0.25) is 0 Å². The first-order valence-electron chi connectivity index (χ1n) is 11.3. The lowest BCUT2D eigenvalue weighted by Gasteiger charge is -2.35. The molecule has 2 aromatic rings. The molecule has 31 heavy (non-hydrogen) atoms. The largest absolute Gasteiger partial charge is 0.338 e. The minimum absolute atomic E-state index is 0.0731. The van der Waals surface area contributed by atoms with Gasteiger partial charge in [0, 0.05) is 32.1 Å². The zero-order chi connectivity index (χ0) is 22.0. The van der Waals surface area contributed by atoms with Crippen molar-refractivity contribution in [1.82, 2.24) is 29.7 Å². The number of carbonyl (C=O) groups is 2. The minimum atomic E-state index is -0.0731. The molecule has 0 spiro atoms. The van der Waals surface area contributed by atoms with E-state index in [0.717, 1.165) is 37.3 Å². The summed E-state index contributed by atoms with van der Waals surface area (Å²) in [7, 11) is 0. The number of benzene rings is 1. The van der Waals surface area contributed by atoms with Gasteiger partial charge in [0.1, 0.15) is 0 Å². The van der Waals surface area contributed by atoms with Crippen molar-refractivity contribution in [3.05, 3.63) is 41.2 Å². The molecule has 1 aromatic heterocycles. The van der Waals surface area contributed by atoms with Gasteiger partial charge in [-0.15, -0.1) is 5.10 Å². The second-order valence-corrected chi connectivity index (χ2v) is 8.48. The van der Waals surface area contributed by atoms with Gasteiger partial charge in [-0.1, -0.05) is 36.8 Å².